The summed E-state index contributed by atoms with van der Waals surface area (Å²) in [6.45, 7) is 2.14. The van der Waals surface area contributed by atoms with Crippen molar-refractivity contribution in [2.75, 3.05) is 0 Å². The van der Waals surface area contributed by atoms with Crippen LogP contribution < -0.4 is 20.7 Å². The highest BCUT2D eigenvalue weighted by molar-refractivity contribution is 7.19. The molecule has 2 aromatic heterocycles. The molecule has 0 radical (unpaired) electrons. The molecular formula is C64H46N4Si. The predicted octanol–water partition coefficient (Wildman–Crippen LogP) is 13.0. The summed E-state index contributed by atoms with van der Waals surface area (Å²) in [6, 6.07) is 94.3. The highest BCUT2D eigenvalue weighted by Gasteiger charge is 2.41. The van der Waals surface area contributed by atoms with Crippen LogP contribution in [0.1, 0.15) is 5.56 Å². The van der Waals surface area contributed by atoms with Gasteiger partial charge in [0.1, 0.15) is 0 Å². The third-order valence-electron chi connectivity index (χ3n) is 13.5. The number of fused-ring (bicyclic) bond motifs is 3. The monoisotopic (exact) mass is 898 g/mol. The molecule has 0 aliphatic rings. The second-order valence-corrected chi connectivity index (χ2v) is 21.5. The molecule has 12 aromatic rings. The lowest BCUT2D eigenvalue weighted by atomic mass is 9.97. The van der Waals surface area contributed by atoms with Crippen molar-refractivity contribution in [2.24, 2.45) is 0 Å². The Morgan fingerprint density at radius 3 is 1.38 bits per heavy atom. The fourth-order valence-corrected chi connectivity index (χ4v) is 15.0. The molecule has 0 N–H and O–H groups in total. The predicted molar refractivity (Wildman–Crippen MR) is 290 cm³/mol. The van der Waals surface area contributed by atoms with Crippen molar-refractivity contribution in [1.29, 1.82) is 0 Å². The molecule has 0 saturated heterocycles. The molecule has 0 unspecified atom stereocenters. The molecule has 326 valence electrons. The Balaban J connectivity index is 1.15. The molecule has 2 heterocycles. The van der Waals surface area contributed by atoms with Crippen molar-refractivity contribution in [3.63, 3.8) is 0 Å². The van der Waals surface area contributed by atoms with Gasteiger partial charge in [-0.25, -0.2) is 15.0 Å². The van der Waals surface area contributed by atoms with Gasteiger partial charge in [-0.2, -0.15) is 0 Å². The molecule has 0 saturated carbocycles. The van der Waals surface area contributed by atoms with E-state index in [0.717, 1.165) is 44.5 Å². The lowest BCUT2D eigenvalue weighted by molar-refractivity contribution is 1.07. The summed E-state index contributed by atoms with van der Waals surface area (Å²) in [5.74, 6) is 1.85. The summed E-state index contributed by atoms with van der Waals surface area (Å²) in [4.78, 5) is 15.7. The first-order valence-electron chi connectivity index (χ1n) is 23.5. The Bertz CT molecular complexity index is 3610. The Morgan fingerprint density at radius 1 is 0.304 bits per heavy atom. The van der Waals surface area contributed by atoms with Crippen LogP contribution in [-0.4, -0.2) is 27.6 Å². The van der Waals surface area contributed by atoms with E-state index in [9.17, 15) is 0 Å². The van der Waals surface area contributed by atoms with Gasteiger partial charge < -0.3 is 4.57 Å². The third-order valence-corrected chi connectivity index (χ3v) is 18.3. The summed E-state index contributed by atoms with van der Waals surface area (Å²) >= 11 is 0. The fourth-order valence-electron chi connectivity index (χ4n) is 10.2. The molecule has 69 heavy (non-hydrogen) atoms. The Labute approximate surface area is 403 Å². The van der Waals surface area contributed by atoms with E-state index in [2.05, 4.69) is 236 Å². The Hall–Kier alpha value is -8.77. The minimum absolute atomic E-state index is 0.608. The van der Waals surface area contributed by atoms with Crippen LogP contribution in [0.3, 0.4) is 0 Å². The quantitative estimate of drug-likeness (QED) is 0.101. The molecule has 0 aliphatic carbocycles. The molecule has 0 spiro atoms. The van der Waals surface area contributed by atoms with Crippen LogP contribution >= 0.6 is 0 Å². The number of aromatic nitrogens is 4. The molecule has 0 bridgehead atoms. The van der Waals surface area contributed by atoms with Gasteiger partial charge in [-0.3, -0.25) is 0 Å². The van der Waals surface area contributed by atoms with Gasteiger partial charge in [0.05, 0.1) is 11.0 Å². The molecule has 0 atom stereocenters. The largest absolute Gasteiger partial charge is 0.309 e. The van der Waals surface area contributed by atoms with Gasteiger partial charge in [-0.15, -0.1) is 0 Å². The first kappa shape index (κ1) is 41.6. The van der Waals surface area contributed by atoms with Gasteiger partial charge in [0.15, 0.2) is 25.5 Å². The lowest BCUT2D eigenvalue weighted by Crippen LogP contribution is -2.74. The molecule has 10 aromatic carbocycles. The van der Waals surface area contributed by atoms with Crippen molar-refractivity contribution < 1.29 is 0 Å². The van der Waals surface area contributed by atoms with Crippen LogP contribution in [0.2, 0.25) is 0 Å². The van der Waals surface area contributed by atoms with E-state index < -0.39 is 8.07 Å². The average Bonchev–Trinajstić information content (AvgIpc) is 3.76. The van der Waals surface area contributed by atoms with Crippen LogP contribution in [0.4, 0.5) is 0 Å². The van der Waals surface area contributed by atoms with E-state index in [1.54, 1.807) is 0 Å². The first-order valence-corrected chi connectivity index (χ1v) is 25.5. The summed E-state index contributed by atoms with van der Waals surface area (Å²) in [6.07, 6.45) is 0. The number of benzene rings is 10. The standard InChI is InChI=1S/C64H46N4Si/c1-45-34-36-46(37-35-45)49-38-40-57-56-32-17-18-33-60(56)68(61(57)43-49)51-39-41-58(64-66-62(47-20-7-2-8-21-47)65-63(67-64)48-22-9-3-10-23-48)59(44-51)50-24-19-31-55(42-50)69(52-25-11-4-12-26-52,53-27-13-5-14-28-53)54-29-15-6-16-30-54/h2-44H,1H3. The smallest absolute Gasteiger partial charge is 0.179 e. The normalized spacial score (nSPS) is 11.6. The molecule has 5 heteroatoms. The number of nitrogens with zero attached hydrogens (tertiary/aromatic N) is 4. The zero-order valence-corrected chi connectivity index (χ0v) is 39.1. The molecule has 0 amide bonds. The van der Waals surface area contributed by atoms with Crippen molar-refractivity contribution >= 4 is 50.6 Å². The van der Waals surface area contributed by atoms with Crippen LogP contribution in [0.25, 0.3) is 83.9 Å². The maximum Gasteiger partial charge on any atom is 0.179 e. The highest BCUT2D eigenvalue weighted by atomic mass is 28.3. The molecule has 12 rings (SSSR count). The molecule has 0 fully saturated rings. The lowest BCUT2D eigenvalue weighted by Gasteiger charge is -2.34. The first-order chi connectivity index (χ1) is 34.1. The summed E-state index contributed by atoms with van der Waals surface area (Å²) in [7, 11) is -2.89. The van der Waals surface area contributed by atoms with E-state index >= 15 is 0 Å². The van der Waals surface area contributed by atoms with Gasteiger partial charge in [0.25, 0.3) is 0 Å². The topological polar surface area (TPSA) is 43.6 Å². The van der Waals surface area contributed by atoms with E-state index in [0.29, 0.717) is 17.5 Å². The fraction of sp³-hybridized carbons (Fsp3) is 0.0156. The van der Waals surface area contributed by atoms with Gasteiger partial charge >= 0.3 is 0 Å². The number of aryl methyl sites for hydroxylation is 1. The molecule has 0 aliphatic heterocycles. The minimum Gasteiger partial charge on any atom is -0.309 e. The van der Waals surface area contributed by atoms with Crippen molar-refractivity contribution in [3.05, 3.63) is 266 Å². The van der Waals surface area contributed by atoms with Gasteiger partial charge in [0, 0.05) is 33.2 Å². The maximum atomic E-state index is 5.32. The number of para-hydroxylation sites is 1. The van der Waals surface area contributed by atoms with E-state index in [4.69, 9.17) is 15.0 Å². The second-order valence-electron chi connectivity index (χ2n) is 17.6. The van der Waals surface area contributed by atoms with E-state index in [-0.39, 0.29) is 0 Å². The SMILES string of the molecule is Cc1ccc(-c2ccc3c4ccccc4n(-c4ccc(-c5nc(-c6ccccc6)nc(-c6ccccc6)n5)c(-c5cccc([Si](c6ccccc6)(c6ccccc6)c6ccccc6)c5)c4)c3c2)cc1. The highest BCUT2D eigenvalue weighted by Crippen LogP contribution is 2.39. The van der Waals surface area contributed by atoms with Crippen LogP contribution in [0.5, 0.6) is 0 Å². The van der Waals surface area contributed by atoms with Crippen molar-refractivity contribution in [2.45, 2.75) is 6.92 Å². The second kappa shape index (κ2) is 17.8. The van der Waals surface area contributed by atoms with E-state index in [1.165, 1.54) is 48.2 Å². The van der Waals surface area contributed by atoms with E-state index in [1.807, 2.05) is 36.4 Å². The van der Waals surface area contributed by atoms with Crippen LogP contribution in [-0.2, 0) is 0 Å². The Morgan fingerprint density at radius 2 is 0.783 bits per heavy atom. The Kier molecular flexibility index (Phi) is 10.7. The van der Waals surface area contributed by atoms with Gasteiger partial charge in [0.2, 0.25) is 0 Å². The molecule has 4 nitrogen and oxygen atoms in total. The zero-order valence-electron chi connectivity index (χ0n) is 38.1. The average molecular weight is 899 g/mol. The number of rotatable bonds is 10. The van der Waals surface area contributed by atoms with Crippen molar-refractivity contribution in [3.8, 4) is 62.1 Å². The van der Waals surface area contributed by atoms with Gasteiger partial charge in [-0.1, -0.05) is 236 Å². The summed E-state index contributed by atoms with van der Waals surface area (Å²) < 4.78 is 2.43. The molecular weight excluding hydrogens is 853 g/mol. The van der Waals surface area contributed by atoms with Crippen LogP contribution in [0, 0.1) is 6.92 Å². The number of hydrogen-bond donors (Lipinski definition) is 0. The zero-order chi connectivity index (χ0) is 46.2. The summed E-state index contributed by atoms with van der Waals surface area (Å²) in [5, 5.41) is 7.65. The number of hydrogen-bond acceptors (Lipinski definition) is 3. The van der Waals surface area contributed by atoms with Crippen molar-refractivity contribution in [1.82, 2.24) is 19.5 Å². The van der Waals surface area contributed by atoms with Gasteiger partial charge in [-0.05, 0) is 80.3 Å². The maximum absolute atomic E-state index is 5.32. The van der Waals surface area contributed by atoms with Crippen LogP contribution in [0.15, 0.2) is 261 Å². The minimum atomic E-state index is -2.89. The third kappa shape index (κ3) is 7.56. The summed E-state index contributed by atoms with van der Waals surface area (Å²) in [5.41, 5.74) is 11.8.